The molecule has 0 radical (unpaired) electrons. The lowest BCUT2D eigenvalue weighted by Crippen LogP contribution is -2.15. The average molecular weight is 357 g/mol. The van der Waals surface area contributed by atoms with Crippen LogP contribution in [0.15, 0.2) is 60.8 Å². The summed E-state index contributed by atoms with van der Waals surface area (Å²) < 4.78 is 12.9. The van der Waals surface area contributed by atoms with Gasteiger partial charge in [-0.05, 0) is 48.0 Å². The SMILES string of the molecule is O=C(Nc1ccc(Cl)cc1)c1ccnc(NCc2ccc(F)cc2)n1. The monoisotopic (exact) mass is 356 g/mol. The number of nitrogens with zero attached hydrogens (tertiary/aromatic N) is 2. The minimum atomic E-state index is -0.352. The maximum Gasteiger partial charge on any atom is 0.274 e. The zero-order valence-electron chi connectivity index (χ0n) is 13.0. The molecule has 5 nitrogen and oxygen atoms in total. The Morgan fingerprint density at radius 3 is 2.48 bits per heavy atom. The lowest BCUT2D eigenvalue weighted by Gasteiger charge is -2.08. The van der Waals surface area contributed by atoms with Crippen LogP contribution >= 0.6 is 11.6 Å². The first-order valence-corrected chi connectivity index (χ1v) is 7.86. The van der Waals surface area contributed by atoms with Gasteiger partial charge in [0.25, 0.3) is 5.91 Å². The standard InChI is InChI=1S/C18H14ClFN4O/c19-13-3-7-15(8-4-13)23-17(25)16-9-10-21-18(24-16)22-11-12-1-5-14(20)6-2-12/h1-10H,11H2,(H,23,25)(H,21,22,24). The largest absolute Gasteiger partial charge is 0.350 e. The Labute approximate surface area is 148 Å². The highest BCUT2D eigenvalue weighted by molar-refractivity contribution is 6.30. The van der Waals surface area contributed by atoms with Crippen LogP contribution in [0, 0.1) is 5.82 Å². The number of amides is 1. The fourth-order valence-corrected chi connectivity index (χ4v) is 2.21. The van der Waals surface area contributed by atoms with Gasteiger partial charge in [-0.3, -0.25) is 4.79 Å². The minimum absolute atomic E-state index is 0.228. The fourth-order valence-electron chi connectivity index (χ4n) is 2.08. The fraction of sp³-hybridized carbons (Fsp3) is 0.0556. The number of halogens is 2. The minimum Gasteiger partial charge on any atom is -0.350 e. The van der Waals surface area contributed by atoms with Gasteiger partial charge in [0.1, 0.15) is 11.5 Å². The van der Waals surface area contributed by atoms with Crippen molar-refractivity contribution < 1.29 is 9.18 Å². The summed E-state index contributed by atoms with van der Waals surface area (Å²) >= 11 is 5.82. The number of anilines is 2. The molecule has 3 rings (SSSR count). The van der Waals surface area contributed by atoms with Crippen LogP contribution in [0.2, 0.25) is 5.02 Å². The molecule has 1 heterocycles. The van der Waals surface area contributed by atoms with Crippen LogP contribution in [-0.4, -0.2) is 15.9 Å². The first kappa shape index (κ1) is 16.9. The van der Waals surface area contributed by atoms with Gasteiger partial charge in [0.05, 0.1) is 0 Å². The molecule has 0 fully saturated rings. The molecule has 0 unspecified atom stereocenters. The Morgan fingerprint density at radius 2 is 1.76 bits per heavy atom. The Morgan fingerprint density at radius 1 is 1.04 bits per heavy atom. The van der Waals surface area contributed by atoms with Crippen LogP contribution < -0.4 is 10.6 Å². The van der Waals surface area contributed by atoms with E-state index in [0.717, 1.165) is 5.56 Å². The highest BCUT2D eigenvalue weighted by Crippen LogP contribution is 2.14. The lowest BCUT2D eigenvalue weighted by atomic mass is 10.2. The molecule has 126 valence electrons. The van der Waals surface area contributed by atoms with Gasteiger partial charge in [0, 0.05) is 23.5 Å². The van der Waals surface area contributed by atoms with Gasteiger partial charge >= 0.3 is 0 Å². The molecule has 2 N–H and O–H groups in total. The third-order valence-corrected chi connectivity index (χ3v) is 3.61. The molecule has 0 aliphatic heterocycles. The molecule has 0 aliphatic carbocycles. The Bertz CT molecular complexity index is 869. The van der Waals surface area contributed by atoms with E-state index in [1.165, 1.54) is 24.4 Å². The molecular weight excluding hydrogens is 343 g/mol. The maximum absolute atomic E-state index is 12.9. The van der Waals surface area contributed by atoms with Crippen molar-refractivity contribution in [2.24, 2.45) is 0 Å². The molecule has 0 aliphatic rings. The zero-order valence-corrected chi connectivity index (χ0v) is 13.8. The molecule has 2 aromatic carbocycles. The predicted molar refractivity (Wildman–Crippen MR) is 95.2 cm³/mol. The van der Waals surface area contributed by atoms with Crippen LogP contribution in [0.4, 0.5) is 16.0 Å². The molecule has 0 saturated carbocycles. The van der Waals surface area contributed by atoms with Crippen molar-refractivity contribution in [2.75, 3.05) is 10.6 Å². The number of rotatable bonds is 5. The zero-order chi connectivity index (χ0) is 17.6. The summed E-state index contributed by atoms with van der Waals surface area (Å²) in [6.45, 7) is 0.419. The van der Waals surface area contributed by atoms with Gasteiger partial charge in [-0.2, -0.15) is 0 Å². The van der Waals surface area contributed by atoms with Gasteiger partial charge in [-0.25, -0.2) is 14.4 Å². The number of hydrogen-bond acceptors (Lipinski definition) is 4. The highest BCUT2D eigenvalue weighted by Gasteiger charge is 2.09. The first-order chi connectivity index (χ1) is 12.1. The van der Waals surface area contributed by atoms with Crippen LogP contribution in [0.25, 0.3) is 0 Å². The first-order valence-electron chi connectivity index (χ1n) is 7.48. The number of carbonyl (C=O) groups is 1. The molecular formula is C18H14ClFN4O. The van der Waals surface area contributed by atoms with Crippen molar-refractivity contribution in [3.63, 3.8) is 0 Å². The summed E-state index contributed by atoms with van der Waals surface area (Å²) in [6.07, 6.45) is 1.50. The van der Waals surface area contributed by atoms with E-state index in [0.29, 0.717) is 23.2 Å². The van der Waals surface area contributed by atoms with Gasteiger partial charge < -0.3 is 10.6 Å². The molecule has 3 aromatic rings. The summed E-state index contributed by atoms with van der Waals surface area (Å²) in [5.41, 5.74) is 1.72. The van der Waals surface area contributed by atoms with E-state index in [1.54, 1.807) is 36.4 Å². The van der Waals surface area contributed by atoms with E-state index in [9.17, 15) is 9.18 Å². The van der Waals surface area contributed by atoms with E-state index in [1.807, 2.05) is 0 Å². The van der Waals surface area contributed by atoms with Crippen LogP contribution in [-0.2, 0) is 6.54 Å². The number of nitrogens with one attached hydrogen (secondary N) is 2. The summed E-state index contributed by atoms with van der Waals surface area (Å²) in [6, 6.07) is 14.4. The average Bonchev–Trinajstić information content (AvgIpc) is 2.63. The molecule has 0 saturated heterocycles. The van der Waals surface area contributed by atoms with Crippen molar-refractivity contribution in [1.29, 1.82) is 0 Å². The summed E-state index contributed by atoms with van der Waals surface area (Å²) in [5, 5.41) is 6.33. The van der Waals surface area contributed by atoms with Crippen LogP contribution in [0.5, 0.6) is 0 Å². The quantitative estimate of drug-likeness (QED) is 0.721. The van der Waals surface area contributed by atoms with Crippen LogP contribution in [0.3, 0.4) is 0 Å². The topological polar surface area (TPSA) is 66.9 Å². The number of aromatic nitrogens is 2. The number of carbonyl (C=O) groups excluding carboxylic acids is 1. The van der Waals surface area contributed by atoms with Crippen molar-refractivity contribution in [3.05, 3.63) is 82.9 Å². The normalized spacial score (nSPS) is 10.3. The summed E-state index contributed by atoms with van der Waals surface area (Å²) in [4.78, 5) is 20.5. The van der Waals surface area contributed by atoms with Crippen molar-refractivity contribution >= 4 is 29.1 Å². The third kappa shape index (κ3) is 4.74. The summed E-state index contributed by atoms with van der Waals surface area (Å²) in [5.74, 6) is -0.330. The second kappa shape index (κ2) is 7.72. The molecule has 0 atom stereocenters. The van der Waals surface area contributed by atoms with Crippen molar-refractivity contribution in [3.8, 4) is 0 Å². The van der Waals surface area contributed by atoms with Gasteiger partial charge in [-0.15, -0.1) is 0 Å². The molecule has 1 aromatic heterocycles. The maximum atomic E-state index is 12.9. The van der Waals surface area contributed by atoms with E-state index < -0.39 is 0 Å². The summed E-state index contributed by atoms with van der Waals surface area (Å²) in [7, 11) is 0. The molecule has 7 heteroatoms. The number of hydrogen-bond donors (Lipinski definition) is 2. The van der Waals surface area contributed by atoms with Crippen molar-refractivity contribution in [1.82, 2.24) is 9.97 Å². The Balaban J connectivity index is 1.64. The Kier molecular flexibility index (Phi) is 5.20. The van der Waals surface area contributed by atoms with E-state index in [2.05, 4.69) is 20.6 Å². The highest BCUT2D eigenvalue weighted by atomic mass is 35.5. The second-order valence-corrected chi connectivity index (χ2v) is 5.64. The predicted octanol–water partition coefficient (Wildman–Crippen LogP) is 4.13. The molecule has 25 heavy (non-hydrogen) atoms. The van der Waals surface area contributed by atoms with E-state index >= 15 is 0 Å². The van der Waals surface area contributed by atoms with E-state index in [4.69, 9.17) is 11.6 Å². The number of benzene rings is 2. The van der Waals surface area contributed by atoms with Gasteiger partial charge in [-0.1, -0.05) is 23.7 Å². The third-order valence-electron chi connectivity index (χ3n) is 3.35. The second-order valence-electron chi connectivity index (χ2n) is 5.21. The molecule has 0 spiro atoms. The molecule has 1 amide bonds. The van der Waals surface area contributed by atoms with Crippen molar-refractivity contribution in [2.45, 2.75) is 6.54 Å². The molecule has 0 bridgehead atoms. The van der Waals surface area contributed by atoms with Gasteiger partial charge in [0.2, 0.25) is 5.95 Å². The van der Waals surface area contributed by atoms with E-state index in [-0.39, 0.29) is 17.4 Å². The Hall–Kier alpha value is -2.99. The smallest absolute Gasteiger partial charge is 0.274 e. The van der Waals surface area contributed by atoms with Gasteiger partial charge in [0.15, 0.2) is 0 Å². The lowest BCUT2D eigenvalue weighted by molar-refractivity contribution is 0.102. The van der Waals surface area contributed by atoms with Crippen LogP contribution in [0.1, 0.15) is 16.1 Å².